The summed E-state index contributed by atoms with van der Waals surface area (Å²) in [6.45, 7) is 7.92. The van der Waals surface area contributed by atoms with E-state index >= 15 is 0 Å². The van der Waals surface area contributed by atoms with E-state index in [1.54, 1.807) is 30.4 Å². The van der Waals surface area contributed by atoms with Crippen molar-refractivity contribution < 1.29 is 9.59 Å². The summed E-state index contributed by atoms with van der Waals surface area (Å²) >= 11 is 12.2. The second kappa shape index (κ2) is 9.71. The molecule has 30 heavy (non-hydrogen) atoms. The molecule has 2 nitrogen and oxygen atoms in total. The van der Waals surface area contributed by atoms with Gasteiger partial charge < -0.3 is 0 Å². The van der Waals surface area contributed by atoms with Gasteiger partial charge in [0.15, 0.2) is 6.29 Å². The van der Waals surface area contributed by atoms with E-state index in [9.17, 15) is 9.59 Å². The molecule has 0 aliphatic heterocycles. The van der Waals surface area contributed by atoms with Gasteiger partial charge in [-0.25, -0.2) is 0 Å². The average molecular weight is 435 g/mol. The number of halogens is 2. The number of carbonyl (C=O) groups is 2. The van der Waals surface area contributed by atoms with Gasteiger partial charge in [-0.05, 0) is 68.8 Å². The summed E-state index contributed by atoms with van der Waals surface area (Å²) in [5.41, 5.74) is 8.07. The Hall–Kier alpha value is -2.94. The van der Waals surface area contributed by atoms with Crippen molar-refractivity contribution in [3.8, 4) is 22.3 Å². The topological polar surface area (TPSA) is 34.1 Å². The lowest BCUT2D eigenvalue weighted by atomic mass is 9.87. The lowest BCUT2D eigenvalue weighted by molar-refractivity contribution is 0.111. The van der Waals surface area contributed by atoms with E-state index in [-0.39, 0.29) is 0 Å². The lowest BCUT2D eigenvalue weighted by Gasteiger charge is -2.17. The summed E-state index contributed by atoms with van der Waals surface area (Å²) in [4.78, 5) is 22.9. The van der Waals surface area contributed by atoms with Gasteiger partial charge in [0, 0.05) is 22.9 Å². The number of benzene rings is 3. The molecular weight excluding hydrogens is 415 g/mol. The van der Waals surface area contributed by atoms with E-state index in [1.165, 1.54) is 0 Å². The summed E-state index contributed by atoms with van der Waals surface area (Å²) in [6, 6.07) is 14.9. The molecule has 0 saturated heterocycles. The molecule has 0 aliphatic carbocycles. The average Bonchev–Trinajstić information content (AvgIpc) is 2.82. The van der Waals surface area contributed by atoms with Crippen molar-refractivity contribution in [2.24, 2.45) is 0 Å². The van der Waals surface area contributed by atoms with Gasteiger partial charge in [-0.3, -0.25) is 9.59 Å². The molecular formula is C26H20Cl2O2. The van der Waals surface area contributed by atoms with Crippen molar-refractivity contribution in [3.05, 3.63) is 95.1 Å². The molecule has 4 heteroatoms. The van der Waals surface area contributed by atoms with Gasteiger partial charge in [0.1, 0.15) is 6.29 Å². The molecule has 3 aromatic carbocycles. The van der Waals surface area contributed by atoms with Gasteiger partial charge in [0.25, 0.3) is 0 Å². The Morgan fingerprint density at radius 2 is 1.30 bits per heavy atom. The van der Waals surface area contributed by atoms with Crippen molar-refractivity contribution in [1.82, 2.24) is 0 Å². The minimum atomic E-state index is 0.357. The van der Waals surface area contributed by atoms with Crippen LogP contribution in [-0.2, 0) is 11.8 Å². The Bertz CT molecular complexity index is 1150. The van der Waals surface area contributed by atoms with E-state index in [2.05, 4.69) is 13.2 Å². The second-order valence-corrected chi connectivity index (χ2v) is 7.31. The van der Waals surface area contributed by atoms with Crippen LogP contribution in [0.4, 0.5) is 0 Å². The highest BCUT2D eigenvalue weighted by atomic mass is 35.5. The largest absolute Gasteiger partial charge is 0.298 e. The summed E-state index contributed by atoms with van der Waals surface area (Å²) in [5.74, 6) is 0.753. The predicted molar refractivity (Wildman–Crippen MR) is 127 cm³/mol. The number of carbonyl (C=O) groups excluding carboxylic acids is 2. The third-order valence-electron chi connectivity index (χ3n) is 5.05. The Kier molecular flexibility index (Phi) is 7.04. The highest BCUT2D eigenvalue weighted by Gasteiger charge is 2.15. The second-order valence-electron chi connectivity index (χ2n) is 6.78. The van der Waals surface area contributed by atoms with E-state index in [1.807, 2.05) is 30.3 Å². The van der Waals surface area contributed by atoms with Crippen LogP contribution in [-0.4, -0.2) is 12.6 Å². The Morgan fingerprint density at radius 1 is 0.667 bits per heavy atom. The number of aldehydes is 2. The molecule has 0 saturated carbocycles. The molecule has 0 unspecified atom stereocenters. The predicted octanol–water partition coefficient (Wildman–Crippen LogP) is 7.41. The molecule has 0 N–H and O–H groups in total. The molecule has 0 heterocycles. The molecule has 0 radical (unpaired) electrons. The molecule has 0 spiro atoms. The van der Waals surface area contributed by atoms with Crippen LogP contribution >= 0.6 is 23.2 Å². The van der Waals surface area contributed by atoms with Crippen molar-refractivity contribution in [1.29, 1.82) is 0 Å². The van der Waals surface area contributed by atoms with Crippen LogP contribution in [0.25, 0.3) is 34.4 Å². The fourth-order valence-electron chi connectivity index (χ4n) is 3.49. The highest BCUT2D eigenvalue weighted by molar-refractivity contribution is 6.18. The zero-order valence-corrected chi connectivity index (χ0v) is 17.8. The van der Waals surface area contributed by atoms with Gasteiger partial charge in [0.05, 0.1) is 0 Å². The summed E-state index contributed by atoms with van der Waals surface area (Å²) in [7, 11) is 0. The fourth-order valence-corrected chi connectivity index (χ4v) is 3.89. The van der Waals surface area contributed by atoms with Gasteiger partial charge in [-0.1, -0.05) is 49.6 Å². The van der Waals surface area contributed by atoms with Crippen molar-refractivity contribution in [3.63, 3.8) is 0 Å². The summed E-state index contributed by atoms with van der Waals surface area (Å²) < 4.78 is 0. The minimum Gasteiger partial charge on any atom is -0.298 e. The number of alkyl halides is 2. The maximum absolute atomic E-state index is 11.6. The van der Waals surface area contributed by atoms with Crippen molar-refractivity contribution >= 4 is 47.9 Å². The summed E-state index contributed by atoms with van der Waals surface area (Å²) in [5, 5.41) is 0. The highest BCUT2D eigenvalue weighted by Crippen LogP contribution is 2.37. The van der Waals surface area contributed by atoms with Gasteiger partial charge in [-0.15, -0.1) is 23.2 Å². The van der Waals surface area contributed by atoms with Crippen LogP contribution in [0.1, 0.15) is 43.0 Å². The van der Waals surface area contributed by atoms with Crippen LogP contribution in [0.15, 0.2) is 61.7 Å². The molecule has 0 atom stereocenters. The Labute approximate surface area is 186 Å². The van der Waals surface area contributed by atoms with Gasteiger partial charge in [-0.2, -0.15) is 0 Å². The maximum atomic E-state index is 11.6. The molecule has 0 aliphatic rings. The zero-order valence-electron chi connectivity index (χ0n) is 16.3. The Balaban J connectivity index is 2.33. The first-order valence-corrected chi connectivity index (χ1v) is 10.4. The Morgan fingerprint density at radius 3 is 1.83 bits per heavy atom. The number of hydrogen-bond donors (Lipinski definition) is 0. The quantitative estimate of drug-likeness (QED) is 0.273. The lowest BCUT2D eigenvalue weighted by Crippen LogP contribution is -1.97. The van der Waals surface area contributed by atoms with Gasteiger partial charge >= 0.3 is 0 Å². The van der Waals surface area contributed by atoms with Crippen LogP contribution in [0.5, 0.6) is 0 Å². The first-order chi connectivity index (χ1) is 14.6. The van der Waals surface area contributed by atoms with Crippen molar-refractivity contribution in [2.45, 2.75) is 11.8 Å². The van der Waals surface area contributed by atoms with Crippen LogP contribution in [0.2, 0.25) is 0 Å². The van der Waals surface area contributed by atoms with E-state index in [0.717, 1.165) is 51.5 Å². The van der Waals surface area contributed by atoms with Crippen molar-refractivity contribution in [2.75, 3.05) is 0 Å². The molecule has 0 aromatic heterocycles. The van der Waals surface area contributed by atoms with Crippen LogP contribution in [0.3, 0.4) is 0 Å². The van der Waals surface area contributed by atoms with E-state index in [0.29, 0.717) is 28.5 Å². The first kappa shape index (κ1) is 21.8. The fraction of sp³-hybridized carbons (Fsp3) is 0.0769. The normalized spacial score (nSPS) is 10.5. The monoisotopic (exact) mass is 434 g/mol. The molecule has 3 aromatic rings. The number of rotatable bonds is 8. The molecule has 0 bridgehead atoms. The van der Waals surface area contributed by atoms with Crippen LogP contribution < -0.4 is 0 Å². The van der Waals surface area contributed by atoms with Gasteiger partial charge in [0.2, 0.25) is 0 Å². The van der Waals surface area contributed by atoms with E-state index < -0.39 is 0 Å². The van der Waals surface area contributed by atoms with E-state index in [4.69, 9.17) is 23.2 Å². The number of hydrogen-bond acceptors (Lipinski definition) is 2. The summed E-state index contributed by atoms with van der Waals surface area (Å²) in [6.07, 6.45) is 5.05. The maximum Gasteiger partial charge on any atom is 0.150 e. The smallest absolute Gasteiger partial charge is 0.150 e. The first-order valence-electron chi connectivity index (χ1n) is 9.31. The molecule has 0 amide bonds. The SMILES string of the molecule is C=Cc1cc(-c2cc(CCl)ccc2CCl)c(C=C)cc1-c1cc(C=O)ccc1C=O. The molecule has 3 rings (SSSR count). The standard InChI is InChI=1S/C26H20Cl2O2/c1-3-19-12-26(24-10-18(15-29)6-8-22(24)16-30)20(4-2)11-25(19)23-9-17(13-27)5-7-21(23)14-28/h3-12,15-16H,1-2,13-14H2. The molecule has 150 valence electrons. The zero-order chi connectivity index (χ0) is 21.7. The third kappa shape index (κ3) is 4.16. The van der Waals surface area contributed by atoms with Crippen LogP contribution in [0, 0.1) is 0 Å². The third-order valence-corrected chi connectivity index (χ3v) is 5.65. The molecule has 0 fully saturated rings. The minimum absolute atomic E-state index is 0.357.